The summed E-state index contributed by atoms with van der Waals surface area (Å²) >= 11 is 0. The molecular weight excluding hydrogens is 218 g/mol. The van der Waals surface area contributed by atoms with Gasteiger partial charge in [0.1, 0.15) is 6.61 Å². The van der Waals surface area contributed by atoms with Gasteiger partial charge in [0.2, 0.25) is 0 Å². The lowest BCUT2D eigenvalue weighted by Gasteiger charge is -2.26. The average molecular weight is 237 g/mol. The van der Waals surface area contributed by atoms with Crippen molar-refractivity contribution in [1.29, 1.82) is 0 Å². The van der Waals surface area contributed by atoms with Crippen LogP contribution in [0.4, 0.5) is 4.79 Å². The predicted molar refractivity (Wildman–Crippen MR) is 65.8 cm³/mol. The second kappa shape index (κ2) is 6.25. The van der Waals surface area contributed by atoms with Crippen molar-refractivity contribution in [1.82, 2.24) is 5.32 Å². The zero-order chi connectivity index (χ0) is 12.7. The van der Waals surface area contributed by atoms with E-state index in [1.807, 2.05) is 44.2 Å². The van der Waals surface area contributed by atoms with E-state index < -0.39 is 11.6 Å². The van der Waals surface area contributed by atoms with Gasteiger partial charge in [-0.1, -0.05) is 30.3 Å². The lowest BCUT2D eigenvalue weighted by Crippen LogP contribution is -2.41. The first-order valence-electron chi connectivity index (χ1n) is 5.55. The number of alkyl carbamates (subject to hydrolysis) is 1. The molecule has 0 aliphatic rings. The maximum absolute atomic E-state index is 11.5. The van der Waals surface area contributed by atoms with Gasteiger partial charge < -0.3 is 14.8 Å². The molecule has 0 spiro atoms. The standard InChI is InChI=1S/C13H19NO3/c1-13(2,11-7-5-4-6-8-11)14-12(15)17-10-9-16-3/h4-8H,9-10H2,1-3H3,(H,14,15). The van der Waals surface area contributed by atoms with Gasteiger partial charge in [0, 0.05) is 7.11 Å². The van der Waals surface area contributed by atoms with Crippen LogP contribution in [-0.2, 0) is 15.0 Å². The molecule has 1 aromatic rings. The van der Waals surface area contributed by atoms with Gasteiger partial charge in [-0.3, -0.25) is 0 Å². The summed E-state index contributed by atoms with van der Waals surface area (Å²) < 4.78 is 9.77. The van der Waals surface area contributed by atoms with E-state index in [-0.39, 0.29) is 6.61 Å². The molecule has 0 aromatic heterocycles. The van der Waals surface area contributed by atoms with E-state index >= 15 is 0 Å². The van der Waals surface area contributed by atoms with E-state index in [1.165, 1.54) is 0 Å². The number of methoxy groups -OCH3 is 1. The number of carbonyl (C=O) groups is 1. The highest BCUT2D eigenvalue weighted by Crippen LogP contribution is 2.19. The van der Waals surface area contributed by atoms with Crippen LogP contribution >= 0.6 is 0 Å². The summed E-state index contributed by atoms with van der Waals surface area (Å²) in [5.41, 5.74) is 0.578. The average Bonchev–Trinajstić information content (AvgIpc) is 2.30. The van der Waals surface area contributed by atoms with E-state index in [0.717, 1.165) is 5.56 Å². The maximum Gasteiger partial charge on any atom is 0.407 e. The highest BCUT2D eigenvalue weighted by molar-refractivity contribution is 5.68. The van der Waals surface area contributed by atoms with Crippen molar-refractivity contribution in [2.75, 3.05) is 20.3 Å². The van der Waals surface area contributed by atoms with Crippen molar-refractivity contribution in [3.05, 3.63) is 35.9 Å². The highest BCUT2D eigenvalue weighted by atomic mass is 16.6. The minimum atomic E-state index is -0.453. The van der Waals surface area contributed by atoms with Crippen LogP contribution in [0.3, 0.4) is 0 Å². The fourth-order valence-electron chi connectivity index (χ4n) is 1.44. The molecule has 0 aliphatic heterocycles. The fourth-order valence-corrected chi connectivity index (χ4v) is 1.44. The number of hydrogen-bond acceptors (Lipinski definition) is 3. The molecule has 0 heterocycles. The van der Waals surface area contributed by atoms with Gasteiger partial charge in [-0.15, -0.1) is 0 Å². The third-order valence-corrected chi connectivity index (χ3v) is 2.43. The second-order valence-corrected chi connectivity index (χ2v) is 4.24. The third-order valence-electron chi connectivity index (χ3n) is 2.43. The molecule has 1 aromatic carbocycles. The van der Waals surface area contributed by atoms with Gasteiger partial charge in [0.25, 0.3) is 0 Å². The van der Waals surface area contributed by atoms with Crippen molar-refractivity contribution < 1.29 is 14.3 Å². The summed E-state index contributed by atoms with van der Waals surface area (Å²) in [7, 11) is 1.56. The Morgan fingerprint density at radius 2 is 1.88 bits per heavy atom. The molecule has 0 saturated carbocycles. The summed E-state index contributed by atoms with van der Waals surface area (Å²) in [5, 5.41) is 2.81. The van der Waals surface area contributed by atoms with Crippen LogP contribution in [0.15, 0.2) is 30.3 Å². The minimum Gasteiger partial charge on any atom is -0.447 e. The summed E-state index contributed by atoms with van der Waals surface area (Å²) in [4.78, 5) is 11.5. The first-order chi connectivity index (χ1) is 8.06. The predicted octanol–water partition coefficient (Wildman–Crippen LogP) is 2.29. The van der Waals surface area contributed by atoms with Crippen molar-refractivity contribution in [3.63, 3.8) is 0 Å². The van der Waals surface area contributed by atoms with Crippen LogP contribution in [0.2, 0.25) is 0 Å². The molecule has 1 amide bonds. The number of benzene rings is 1. The van der Waals surface area contributed by atoms with Crippen LogP contribution in [-0.4, -0.2) is 26.4 Å². The van der Waals surface area contributed by atoms with E-state index in [0.29, 0.717) is 6.61 Å². The molecule has 0 atom stereocenters. The summed E-state index contributed by atoms with van der Waals surface area (Å²) in [6.45, 7) is 4.52. The van der Waals surface area contributed by atoms with Crippen LogP contribution in [0.25, 0.3) is 0 Å². The van der Waals surface area contributed by atoms with Crippen LogP contribution < -0.4 is 5.32 Å². The SMILES string of the molecule is COCCOC(=O)NC(C)(C)c1ccccc1. The van der Waals surface area contributed by atoms with Crippen molar-refractivity contribution in [2.24, 2.45) is 0 Å². The number of hydrogen-bond donors (Lipinski definition) is 1. The van der Waals surface area contributed by atoms with Gasteiger partial charge in [-0.05, 0) is 19.4 Å². The molecule has 0 fully saturated rings. The Morgan fingerprint density at radius 3 is 2.47 bits per heavy atom. The van der Waals surface area contributed by atoms with E-state index in [1.54, 1.807) is 7.11 Å². The van der Waals surface area contributed by atoms with Gasteiger partial charge in [0.05, 0.1) is 12.1 Å². The Hall–Kier alpha value is -1.55. The quantitative estimate of drug-likeness (QED) is 0.799. The van der Waals surface area contributed by atoms with Crippen LogP contribution in [0.5, 0.6) is 0 Å². The Bertz CT molecular complexity index is 349. The highest BCUT2D eigenvalue weighted by Gasteiger charge is 2.22. The first kappa shape index (κ1) is 13.5. The molecule has 1 rings (SSSR count). The molecule has 0 radical (unpaired) electrons. The van der Waals surface area contributed by atoms with Gasteiger partial charge in [-0.25, -0.2) is 4.79 Å². The summed E-state index contributed by atoms with van der Waals surface area (Å²) in [5.74, 6) is 0. The lowest BCUT2D eigenvalue weighted by molar-refractivity contribution is 0.0931. The van der Waals surface area contributed by atoms with Gasteiger partial charge in [0.15, 0.2) is 0 Å². The number of ether oxygens (including phenoxy) is 2. The Kier molecular flexibility index (Phi) is 4.97. The maximum atomic E-state index is 11.5. The van der Waals surface area contributed by atoms with E-state index in [2.05, 4.69) is 5.32 Å². The monoisotopic (exact) mass is 237 g/mol. The van der Waals surface area contributed by atoms with Crippen molar-refractivity contribution >= 4 is 6.09 Å². The van der Waals surface area contributed by atoms with Gasteiger partial charge in [-0.2, -0.15) is 0 Å². The molecule has 94 valence electrons. The Labute approximate surface area is 102 Å². The molecule has 4 heteroatoms. The largest absolute Gasteiger partial charge is 0.447 e. The van der Waals surface area contributed by atoms with E-state index in [9.17, 15) is 4.79 Å². The normalized spacial score (nSPS) is 11.0. The molecule has 0 bridgehead atoms. The summed E-state index contributed by atoms with van der Waals surface area (Å²) in [6, 6.07) is 9.76. The molecule has 0 aliphatic carbocycles. The zero-order valence-corrected chi connectivity index (χ0v) is 10.5. The first-order valence-corrected chi connectivity index (χ1v) is 5.55. The van der Waals surface area contributed by atoms with Gasteiger partial charge >= 0.3 is 6.09 Å². The zero-order valence-electron chi connectivity index (χ0n) is 10.5. The van der Waals surface area contributed by atoms with Crippen molar-refractivity contribution in [3.8, 4) is 0 Å². The number of amides is 1. The minimum absolute atomic E-state index is 0.257. The topological polar surface area (TPSA) is 47.6 Å². The molecule has 1 N–H and O–H groups in total. The number of carbonyl (C=O) groups excluding carboxylic acids is 1. The third kappa shape index (κ3) is 4.44. The molecule has 0 saturated heterocycles. The smallest absolute Gasteiger partial charge is 0.407 e. The van der Waals surface area contributed by atoms with Crippen LogP contribution in [0.1, 0.15) is 19.4 Å². The number of nitrogens with one attached hydrogen (secondary N) is 1. The molecular formula is C13H19NO3. The number of rotatable bonds is 5. The summed E-state index contributed by atoms with van der Waals surface area (Å²) in [6.07, 6.45) is -0.434. The Balaban J connectivity index is 2.52. The second-order valence-electron chi connectivity index (χ2n) is 4.24. The fraction of sp³-hybridized carbons (Fsp3) is 0.462. The molecule has 17 heavy (non-hydrogen) atoms. The Morgan fingerprint density at radius 1 is 1.24 bits per heavy atom. The van der Waals surface area contributed by atoms with E-state index in [4.69, 9.17) is 9.47 Å². The molecule has 4 nitrogen and oxygen atoms in total. The van der Waals surface area contributed by atoms with Crippen molar-refractivity contribution in [2.45, 2.75) is 19.4 Å². The van der Waals surface area contributed by atoms with Crippen LogP contribution in [0, 0.1) is 0 Å². The molecule has 0 unspecified atom stereocenters. The lowest BCUT2D eigenvalue weighted by atomic mass is 9.95.